The SMILES string of the molecule is CSCCC(NC(=O)C(Cc1ccc(O)cc1)NC(=O)C(N)CS)C(=O)NC(CC(C)C)C(=O)O. The number of amides is 3. The first-order valence-electron chi connectivity index (χ1n) is 11.3. The standard InChI is InChI=1S/C23H36N4O6S2/c1-13(2)10-19(23(32)33)27-21(30)17(8-9-35-3)25-22(31)18(26-20(29)16(24)12-34)11-14-4-6-15(28)7-5-14/h4-7,13,16-19,28,34H,8-12,24H2,1-3H3,(H,25,31)(H,26,29)(H,27,30)(H,32,33). The Balaban J connectivity index is 3.08. The highest BCUT2D eigenvalue weighted by atomic mass is 32.2. The minimum atomic E-state index is -1.15. The molecule has 1 aromatic rings. The van der Waals surface area contributed by atoms with Crippen molar-refractivity contribution in [1.29, 1.82) is 0 Å². The zero-order valence-electron chi connectivity index (χ0n) is 20.2. The first-order valence-corrected chi connectivity index (χ1v) is 13.3. The zero-order chi connectivity index (χ0) is 26.5. The largest absolute Gasteiger partial charge is 0.508 e. The van der Waals surface area contributed by atoms with Crippen LogP contribution in [0.5, 0.6) is 5.75 Å². The molecule has 4 atom stereocenters. The summed E-state index contributed by atoms with van der Waals surface area (Å²) >= 11 is 5.49. The third kappa shape index (κ3) is 11.2. The number of hydrogen-bond donors (Lipinski definition) is 7. The number of thioether (sulfide) groups is 1. The van der Waals surface area contributed by atoms with Crippen molar-refractivity contribution in [2.75, 3.05) is 17.8 Å². The third-order valence-corrected chi connectivity index (χ3v) is 6.15. The summed E-state index contributed by atoms with van der Waals surface area (Å²) in [5.41, 5.74) is 6.40. The molecule has 4 unspecified atom stereocenters. The molecule has 0 radical (unpaired) electrons. The van der Waals surface area contributed by atoms with E-state index in [2.05, 4.69) is 28.6 Å². The van der Waals surface area contributed by atoms with Crippen LogP contribution in [0, 0.1) is 5.92 Å². The van der Waals surface area contributed by atoms with Crippen molar-refractivity contribution in [2.24, 2.45) is 11.7 Å². The first-order chi connectivity index (χ1) is 16.5. The van der Waals surface area contributed by atoms with E-state index in [9.17, 15) is 29.4 Å². The van der Waals surface area contributed by atoms with Gasteiger partial charge in [-0.3, -0.25) is 14.4 Å². The molecule has 0 aromatic heterocycles. The second-order valence-electron chi connectivity index (χ2n) is 8.59. The molecule has 0 saturated carbocycles. The van der Waals surface area contributed by atoms with Gasteiger partial charge in [0.25, 0.3) is 0 Å². The van der Waals surface area contributed by atoms with Gasteiger partial charge in [-0.25, -0.2) is 4.79 Å². The van der Waals surface area contributed by atoms with Crippen LogP contribution in [0.2, 0.25) is 0 Å². The molecule has 1 aromatic carbocycles. The minimum absolute atomic E-state index is 0.0385. The van der Waals surface area contributed by atoms with E-state index in [4.69, 9.17) is 5.73 Å². The van der Waals surface area contributed by atoms with Gasteiger partial charge in [0.2, 0.25) is 17.7 Å². The highest BCUT2D eigenvalue weighted by Crippen LogP contribution is 2.12. The van der Waals surface area contributed by atoms with E-state index in [0.717, 1.165) is 0 Å². The Morgan fingerprint density at radius 3 is 2.03 bits per heavy atom. The number of thiol groups is 1. The normalized spacial score (nSPS) is 14.5. The van der Waals surface area contributed by atoms with Crippen LogP contribution in [0.25, 0.3) is 0 Å². The quantitative estimate of drug-likeness (QED) is 0.162. The zero-order valence-corrected chi connectivity index (χ0v) is 21.9. The number of carbonyl (C=O) groups is 4. The summed E-state index contributed by atoms with van der Waals surface area (Å²) in [5.74, 6) is -2.25. The van der Waals surface area contributed by atoms with Crippen LogP contribution in [-0.2, 0) is 25.6 Å². The number of benzene rings is 1. The molecule has 0 bridgehead atoms. The summed E-state index contributed by atoms with van der Waals surface area (Å²) in [6, 6.07) is 2.06. The molecule has 0 heterocycles. The Bertz CT molecular complexity index is 853. The van der Waals surface area contributed by atoms with Gasteiger partial charge >= 0.3 is 5.97 Å². The van der Waals surface area contributed by atoms with Gasteiger partial charge in [-0.05, 0) is 48.5 Å². The molecule has 0 aliphatic heterocycles. The van der Waals surface area contributed by atoms with Crippen LogP contribution in [0.3, 0.4) is 0 Å². The molecule has 12 heteroatoms. The van der Waals surface area contributed by atoms with Crippen molar-refractivity contribution < 1.29 is 29.4 Å². The fourth-order valence-corrected chi connectivity index (χ4v) is 3.82. The van der Waals surface area contributed by atoms with Crippen molar-refractivity contribution in [1.82, 2.24) is 16.0 Å². The lowest BCUT2D eigenvalue weighted by Crippen LogP contribution is -2.58. The maximum Gasteiger partial charge on any atom is 0.326 e. The second-order valence-corrected chi connectivity index (χ2v) is 9.94. The van der Waals surface area contributed by atoms with Crippen LogP contribution in [-0.4, -0.2) is 75.8 Å². The van der Waals surface area contributed by atoms with Crippen molar-refractivity contribution in [3.8, 4) is 5.75 Å². The van der Waals surface area contributed by atoms with E-state index in [0.29, 0.717) is 11.3 Å². The lowest BCUT2D eigenvalue weighted by atomic mass is 10.0. The number of phenols is 1. The monoisotopic (exact) mass is 528 g/mol. The molecule has 196 valence electrons. The molecule has 0 aliphatic carbocycles. The van der Waals surface area contributed by atoms with Crippen LogP contribution in [0.4, 0.5) is 0 Å². The summed E-state index contributed by atoms with van der Waals surface area (Å²) < 4.78 is 0. The molecule has 0 spiro atoms. The molecule has 7 N–H and O–H groups in total. The molecule has 0 fully saturated rings. The van der Waals surface area contributed by atoms with Gasteiger partial charge in [0, 0.05) is 12.2 Å². The maximum atomic E-state index is 13.2. The van der Waals surface area contributed by atoms with E-state index >= 15 is 0 Å². The van der Waals surface area contributed by atoms with Gasteiger partial charge in [0.05, 0.1) is 6.04 Å². The molecule has 10 nitrogen and oxygen atoms in total. The van der Waals surface area contributed by atoms with E-state index in [1.165, 1.54) is 23.9 Å². The number of aromatic hydroxyl groups is 1. The number of phenolic OH excluding ortho intramolecular Hbond substituents is 1. The fraction of sp³-hybridized carbons (Fsp3) is 0.565. The summed E-state index contributed by atoms with van der Waals surface area (Å²) in [7, 11) is 0. The Hall–Kier alpha value is -2.44. The Morgan fingerprint density at radius 1 is 0.971 bits per heavy atom. The predicted molar refractivity (Wildman–Crippen MR) is 140 cm³/mol. The molecular formula is C23H36N4O6S2. The van der Waals surface area contributed by atoms with Gasteiger partial charge in [0.1, 0.15) is 23.9 Å². The topological polar surface area (TPSA) is 171 Å². The van der Waals surface area contributed by atoms with Gasteiger partial charge in [-0.1, -0.05) is 26.0 Å². The van der Waals surface area contributed by atoms with Crippen LogP contribution in [0.1, 0.15) is 32.3 Å². The smallest absolute Gasteiger partial charge is 0.326 e. The average Bonchev–Trinajstić information content (AvgIpc) is 2.80. The highest BCUT2D eigenvalue weighted by molar-refractivity contribution is 7.98. The van der Waals surface area contributed by atoms with Gasteiger partial charge < -0.3 is 31.9 Å². The van der Waals surface area contributed by atoms with Crippen LogP contribution in [0.15, 0.2) is 24.3 Å². The number of carbonyl (C=O) groups excluding carboxylic acids is 3. The summed E-state index contributed by atoms with van der Waals surface area (Å²) in [6.45, 7) is 3.70. The molecule has 3 amide bonds. The fourth-order valence-electron chi connectivity index (χ4n) is 3.18. The molecular weight excluding hydrogens is 492 g/mol. The van der Waals surface area contributed by atoms with Crippen molar-refractivity contribution >= 4 is 48.1 Å². The Labute approximate surface area is 215 Å². The lowest BCUT2D eigenvalue weighted by molar-refractivity contribution is -0.142. The Kier molecular flexibility index (Phi) is 13.6. The van der Waals surface area contributed by atoms with E-state index < -0.39 is 47.9 Å². The number of nitrogens with two attached hydrogens (primary N) is 1. The minimum Gasteiger partial charge on any atom is -0.508 e. The van der Waals surface area contributed by atoms with E-state index in [1.54, 1.807) is 12.1 Å². The number of carboxylic acid groups (broad SMARTS) is 1. The van der Waals surface area contributed by atoms with E-state index in [-0.39, 0.29) is 36.7 Å². The predicted octanol–water partition coefficient (Wildman–Crippen LogP) is 0.530. The van der Waals surface area contributed by atoms with Crippen molar-refractivity contribution in [2.45, 2.75) is 57.3 Å². The number of rotatable bonds is 15. The number of carboxylic acids is 1. The number of hydrogen-bond acceptors (Lipinski definition) is 8. The van der Waals surface area contributed by atoms with Gasteiger partial charge in [-0.15, -0.1) is 0 Å². The lowest BCUT2D eigenvalue weighted by Gasteiger charge is -2.25. The third-order valence-electron chi connectivity index (χ3n) is 5.11. The van der Waals surface area contributed by atoms with Crippen molar-refractivity contribution in [3.63, 3.8) is 0 Å². The molecule has 1 rings (SSSR count). The number of nitrogens with one attached hydrogen (secondary N) is 3. The summed E-state index contributed by atoms with van der Waals surface area (Å²) in [6.07, 6.45) is 2.44. The summed E-state index contributed by atoms with van der Waals surface area (Å²) in [4.78, 5) is 50.1. The second kappa shape index (κ2) is 15.5. The van der Waals surface area contributed by atoms with Crippen LogP contribution >= 0.6 is 24.4 Å². The van der Waals surface area contributed by atoms with E-state index in [1.807, 2.05) is 20.1 Å². The van der Waals surface area contributed by atoms with Gasteiger partial charge in [0.15, 0.2) is 0 Å². The number of aliphatic carboxylic acids is 1. The highest BCUT2D eigenvalue weighted by Gasteiger charge is 2.30. The molecule has 0 saturated heterocycles. The maximum absolute atomic E-state index is 13.2. The average molecular weight is 529 g/mol. The van der Waals surface area contributed by atoms with Crippen LogP contribution < -0.4 is 21.7 Å². The first kappa shape index (κ1) is 30.6. The summed E-state index contributed by atoms with van der Waals surface area (Å²) in [5, 5.41) is 26.8. The molecule has 0 aliphatic rings. The van der Waals surface area contributed by atoms with Crippen molar-refractivity contribution in [3.05, 3.63) is 29.8 Å². The Morgan fingerprint density at radius 2 is 1.51 bits per heavy atom. The van der Waals surface area contributed by atoms with Gasteiger partial charge in [-0.2, -0.15) is 24.4 Å². The molecule has 35 heavy (non-hydrogen) atoms.